The molecule has 4 aliphatic heterocycles. The van der Waals surface area contributed by atoms with Crippen LogP contribution in [0, 0.1) is 17.3 Å². The Morgan fingerprint density at radius 3 is 2.47 bits per heavy atom. The number of piperidine rings is 1. The van der Waals surface area contributed by atoms with Gasteiger partial charge in [0.25, 0.3) is 0 Å². The third-order valence-electron chi connectivity index (χ3n) is 10.6. The smallest absolute Gasteiger partial charge is 0.321 e. The van der Waals surface area contributed by atoms with E-state index in [4.69, 9.17) is 14.5 Å². The zero-order chi connectivity index (χ0) is 30.0. The maximum absolute atomic E-state index is 13.9. The molecule has 0 spiro atoms. The number of benzene rings is 1. The number of aliphatic hydroxyl groups excluding tert-OH is 1. The normalized spacial score (nSPS) is 33.1. The number of rotatable bonds is 7. The van der Waals surface area contributed by atoms with E-state index < -0.39 is 0 Å². The van der Waals surface area contributed by atoms with Crippen LogP contribution < -0.4 is 0 Å². The molecule has 0 saturated carbocycles. The highest BCUT2D eigenvalue weighted by molar-refractivity contribution is 5.79. The molecule has 0 radical (unpaired) electrons. The van der Waals surface area contributed by atoms with Crippen molar-refractivity contribution in [2.45, 2.75) is 83.5 Å². The van der Waals surface area contributed by atoms with Gasteiger partial charge in [-0.05, 0) is 68.6 Å². The van der Waals surface area contributed by atoms with E-state index in [1.54, 1.807) is 0 Å². The Balaban J connectivity index is 1.06. The van der Waals surface area contributed by atoms with Gasteiger partial charge in [-0.25, -0.2) is 4.79 Å². The van der Waals surface area contributed by atoms with Crippen molar-refractivity contribution >= 4 is 11.9 Å². The quantitative estimate of drug-likeness (QED) is 0.460. The molecule has 3 saturated heterocycles. The van der Waals surface area contributed by atoms with Crippen LogP contribution in [0.1, 0.15) is 70.9 Å². The molecule has 2 amide bonds. The fraction of sp³-hybridized carbons (Fsp3) is 0.657. The van der Waals surface area contributed by atoms with Gasteiger partial charge in [-0.1, -0.05) is 50.3 Å². The summed E-state index contributed by atoms with van der Waals surface area (Å²) in [6.45, 7) is 12.1. The number of aliphatic imine (C=N–C) groups is 1. The Morgan fingerprint density at radius 2 is 1.81 bits per heavy atom. The predicted molar refractivity (Wildman–Crippen MR) is 169 cm³/mol. The summed E-state index contributed by atoms with van der Waals surface area (Å²) < 4.78 is 11.8. The SMILES string of the molecule is CC1CC(OC2=CCC(C)(CO)C=C2)=NC(C)C1CN1CCC(N2C(=O)N(C3CCOCC3)C[C@H]2c2ccccc2)CC1. The first-order valence-corrected chi connectivity index (χ1v) is 16.5. The van der Waals surface area contributed by atoms with Gasteiger partial charge in [-0.15, -0.1) is 0 Å². The van der Waals surface area contributed by atoms with Crippen molar-refractivity contribution in [2.75, 3.05) is 46.0 Å². The van der Waals surface area contributed by atoms with Crippen LogP contribution in [0.15, 0.2) is 59.3 Å². The number of urea groups is 1. The first-order chi connectivity index (χ1) is 20.8. The molecule has 6 rings (SSSR count). The maximum atomic E-state index is 13.9. The molecule has 8 nitrogen and oxygen atoms in total. The van der Waals surface area contributed by atoms with Crippen LogP contribution in [0.5, 0.6) is 0 Å². The number of aliphatic hydroxyl groups is 1. The third kappa shape index (κ3) is 6.71. The Kier molecular flexibility index (Phi) is 9.27. The van der Waals surface area contributed by atoms with Gasteiger partial charge in [0.15, 0.2) is 5.90 Å². The zero-order valence-electron chi connectivity index (χ0n) is 26.2. The highest BCUT2D eigenvalue weighted by Gasteiger charge is 2.45. The summed E-state index contributed by atoms with van der Waals surface area (Å²) in [5, 5.41) is 9.62. The molecule has 0 bridgehead atoms. The second-order valence-electron chi connectivity index (χ2n) is 13.8. The molecule has 1 aromatic rings. The number of carbonyl (C=O) groups is 1. The average Bonchev–Trinajstić information content (AvgIpc) is 3.38. The summed E-state index contributed by atoms with van der Waals surface area (Å²) in [4.78, 5) is 25.9. The van der Waals surface area contributed by atoms with E-state index in [0.717, 1.165) is 89.6 Å². The summed E-state index contributed by atoms with van der Waals surface area (Å²) >= 11 is 0. The highest BCUT2D eigenvalue weighted by Crippen LogP contribution is 2.38. The Hall–Kier alpha value is -2.68. The molecule has 4 heterocycles. The van der Waals surface area contributed by atoms with Gasteiger partial charge in [-0.2, -0.15) is 0 Å². The molecule has 8 heteroatoms. The number of likely N-dealkylation sites (tertiary alicyclic amines) is 1. The standard InChI is InChI=1S/C35H50N4O4/c1-25-21-33(43-30-9-15-35(3,24-40)16-10-30)36-26(2)31(25)22-37-17-11-29(12-18-37)39-32(27-7-5-4-6-8-27)23-38(34(39)41)28-13-19-42-20-14-28/h4-10,15,25-26,28-29,31-32,40H,11-14,16-24H2,1-3H3/t25?,26?,31?,32-,35?/m0/s1. The lowest BCUT2D eigenvalue weighted by molar-refractivity contribution is 0.0491. The molecule has 4 unspecified atom stereocenters. The first-order valence-electron chi connectivity index (χ1n) is 16.5. The second kappa shape index (κ2) is 13.1. The maximum Gasteiger partial charge on any atom is 0.321 e. The molecule has 43 heavy (non-hydrogen) atoms. The minimum Gasteiger partial charge on any atom is -0.444 e. The molecule has 1 aliphatic carbocycles. The monoisotopic (exact) mass is 590 g/mol. The van der Waals surface area contributed by atoms with Crippen molar-refractivity contribution < 1.29 is 19.4 Å². The van der Waals surface area contributed by atoms with Crippen LogP contribution in [0.4, 0.5) is 4.79 Å². The van der Waals surface area contributed by atoms with Crippen molar-refractivity contribution in [3.8, 4) is 0 Å². The van der Waals surface area contributed by atoms with Gasteiger partial charge in [-0.3, -0.25) is 4.99 Å². The van der Waals surface area contributed by atoms with Gasteiger partial charge in [0.2, 0.25) is 0 Å². The molecule has 5 atom stereocenters. The first kappa shape index (κ1) is 30.4. The fourth-order valence-corrected chi connectivity index (χ4v) is 7.73. The lowest BCUT2D eigenvalue weighted by atomic mass is 9.82. The zero-order valence-corrected chi connectivity index (χ0v) is 26.2. The van der Waals surface area contributed by atoms with Gasteiger partial charge in [0, 0.05) is 63.3 Å². The Morgan fingerprint density at radius 1 is 1.07 bits per heavy atom. The van der Waals surface area contributed by atoms with E-state index in [1.807, 2.05) is 12.2 Å². The van der Waals surface area contributed by atoms with Crippen molar-refractivity contribution in [1.29, 1.82) is 0 Å². The molecule has 0 aromatic heterocycles. The van der Waals surface area contributed by atoms with E-state index in [0.29, 0.717) is 11.8 Å². The number of ether oxygens (including phenoxy) is 2. The van der Waals surface area contributed by atoms with Crippen LogP contribution >= 0.6 is 0 Å². The third-order valence-corrected chi connectivity index (χ3v) is 10.6. The molecule has 5 aliphatic rings. The van der Waals surface area contributed by atoms with E-state index in [1.165, 1.54) is 5.56 Å². The summed E-state index contributed by atoms with van der Waals surface area (Å²) in [5.41, 5.74) is 1.05. The summed E-state index contributed by atoms with van der Waals surface area (Å²) in [6.07, 6.45) is 11.6. The molecule has 1 aromatic carbocycles. The van der Waals surface area contributed by atoms with E-state index in [-0.39, 0.29) is 42.2 Å². The number of hydrogen-bond acceptors (Lipinski definition) is 6. The van der Waals surface area contributed by atoms with Crippen molar-refractivity contribution in [1.82, 2.24) is 14.7 Å². The van der Waals surface area contributed by atoms with Gasteiger partial charge in [0.1, 0.15) is 5.76 Å². The summed E-state index contributed by atoms with van der Waals surface area (Å²) in [5.74, 6) is 2.62. The minimum absolute atomic E-state index is 0.116. The minimum atomic E-state index is -0.199. The van der Waals surface area contributed by atoms with Gasteiger partial charge < -0.3 is 29.3 Å². The van der Waals surface area contributed by atoms with Crippen LogP contribution in [0.3, 0.4) is 0 Å². The average molecular weight is 591 g/mol. The number of hydrogen-bond donors (Lipinski definition) is 1. The molecular formula is C35H50N4O4. The van der Waals surface area contributed by atoms with Crippen molar-refractivity contribution in [2.24, 2.45) is 22.2 Å². The van der Waals surface area contributed by atoms with Gasteiger partial charge in [0.05, 0.1) is 18.7 Å². The van der Waals surface area contributed by atoms with Crippen molar-refractivity contribution in [3.05, 3.63) is 59.9 Å². The largest absolute Gasteiger partial charge is 0.444 e. The van der Waals surface area contributed by atoms with Gasteiger partial charge >= 0.3 is 6.03 Å². The molecule has 234 valence electrons. The Bertz CT molecular complexity index is 1200. The molecule has 3 fully saturated rings. The number of nitrogens with zero attached hydrogens (tertiary/aromatic N) is 4. The fourth-order valence-electron chi connectivity index (χ4n) is 7.73. The molecule has 1 N–H and O–H groups in total. The molecular weight excluding hydrogens is 540 g/mol. The number of carbonyl (C=O) groups excluding carboxylic acids is 1. The number of amides is 2. The summed E-state index contributed by atoms with van der Waals surface area (Å²) in [6, 6.07) is 11.7. The van der Waals surface area contributed by atoms with Crippen molar-refractivity contribution in [3.63, 3.8) is 0 Å². The van der Waals surface area contributed by atoms with Crippen LogP contribution in [0.25, 0.3) is 0 Å². The lowest BCUT2D eigenvalue weighted by Crippen LogP contribution is -2.50. The van der Waals surface area contributed by atoms with E-state index in [9.17, 15) is 9.90 Å². The Labute approximate surface area is 257 Å². The van der Waals surface area contributed by atoms with Crippen LogP contribution in [-0.2, 0) is 9.47 Å². The predicted octanol–water partition coefficient (Wildman–Crippen LogP) is 5.41. The van der Waals surface area contributed by atoms with E-state index in [2.05, 4.69) is 71.9 Å². The van der Waals surface area contributed by atoms with Crippen LogP contribution in [0.2, 0.25) is 0 Å². The lowest BCUT2D eigenvalue weighted by Gasteiger charge is -2.42. The second-order valence-corrected chi connectivity index (χ2v) is 13.8. The van der Waals surface area contributed by atoms with Crippen LogP contribution in [-0.4, -0.2) is 95.9 Å². The summed E-state index contributed by atoms with van der Waals surface area (Å²) in [7, 11) is 0. The highest BCUT2D eigenvalue weighted by atomic mass is 16.5. The number of allylic oxidation sites excluding steroid dienone is 2. The van der Waals surface area contributed by atoms with E-state index >= 15 is 0 Å². The topological polar surface area (TPSA) is 77.8 Å².